The zero-order chi connectivity index (χ0) is 23.0. The maximum atomic E-state index is 12.6. The molecule has 0 spiro atoms. The number of carbonyl (C=O) groups excluding carboxylic acids is 2. The Morgan fingerprint density at radius 2 is 1.77 bits per heavy atom. The van der Waals surface area contributed by atoms with Crippen molar-refractivity contribution >= 4 is 50.8 Å². The van der Waals surface area contributed by atoms with Crippen molar-refractivity contribution in [1.82, 2.24) is 10.6 Å². The highest BCUT2D eigenvalue weighted by molar-refractivity contribution is 9.10. The molecule has 31 heavy (non-hydrogen) atoms. The molecule has 2 amide bonds. The molecule has 0 radical (unpaired) electrons. The van der Waals surface area contributed by atoms with E-state index >= 15 is 0 Å². The van der Waals surface area contributed by atoms with Gasteiger partial charge in [-0.1, -0.05) is 26.0 Å². The van der Waals surface area contributed by atoms with Gasteiger partial charge in [-0.3, -0.25) is 14.9 Å². The van der Waals surface area contributed by atoms with Crippen molar-refractivity contribution in [3.05, 3.63) is 58.1 Å². The highest BCUT2D eigenvalue weighted by Crippen LogP contribution is 2.26. The molecule has 0 aromatic heterocycles. The Morgan fingerprint density at radius 1 is 1.06 bits per heavy atom. The monoisotopic (exact) mass is 505 g/mol. The number of anilines is 1. The molecule has 2 aromatic rings. The van der Waals surface area contributed by atoms with Crippen molar-refractivity contribution in [2.45, 2.75) is 40.2 Å². The maximum absolute atomic E-state index is 12.6. The van der Waals surface area contributed by atoms with Gasteiger partial charge in [0, 0.05) is 11.6 Å². The lowest BCUT2D eigenvalue weighted by atomic mass is 10.1. The van der Waals surface area contributed by atoms with Crippen molar-refractivity contribution in [2.75, 3.05) is 11.9 Å². The minimum atomic E-state index is -0.365. The van der Waals surface area contributed by atoms with Gasteiger partial charge in [0.05, 0.1) is 22.3 Å². The quantitative estimate of drug-likeness (QED) is 0.432. The largest absolute Gasteiger partial charge is 0.492 e. The summed E-state index contributed by atoms with van der Waals surface area (Å²) < 4.78 is 6.44. The second kappa shape index (κ2) is 11.8. The first kappa shape index (κ1) is 24.8. The van der Waals surface area contributed by atoms with Crippen molar-refractivity contribution in [1.29, 1.82) is 0 Å². The standard InChI is InChI=1S/C23H28BrN3O3S/c1-14(2)11-12-30-20-10-9-16(13-18(20)24)21(28)27-23(31)26-19-8-6-5-7-17(19)22(29)25-15(3)4/h5-10,13-15H,11-12H2,1-4H3,(H,25,29)(H2,26,27,28,31). The van der Waals surface area contributed by atoms with Gasteiger partial charge < -0.3 is 15.4 Å². The van der Waals surface area contributed by atoms with Gasteiger partial charge in [-0.05, 0) is 84.7 Å². The van der Waals surface area contributed by atoms with Gasteiger partial charge in [0.2, 0.25) is 0 Å². The van der Waals surface area contributed by atoms with Crippen LogP contribution in [0.5, 0.6) is 5.75 Å². The van der Waals surface area contributed by atoms with E-state index in [0.29, 0.717) is 39.6 Å². The average Bonchev–Trinajstić information content (AvgIpc) is 2.68. The van der Waals surface area contributed by atoms with Crippen molar-refractivity contribution in [3.63, 3.8) is 0 Å². The summed E-state index contributed by atoms with van der Waals surface area (Å²) in [6, 6.07) is 12.1. The molecule has 0 fully saturated rings. The molecule has 0 atom stereocenters. The Kier molecular flexibility index (Phi) is 9.45. The number of benzene rings is 2. The summed E-state index contributed by atoms with van der Waals surface area (Å²) in [6.45, 7) is 8.66. The topological polar surface area (TPSA) is 79.5 Å². The van der Waals surface area contributed by atoms with E-state index in [9.17, 15) is 9.59 Å². The van der Waals surface area contributed by atoms with E-state index in [1.165, 1.54) is 0 Å². The predicted octanol–water partition coefficient (Wildman–Crippen LogP) is 5.14. The Morgan fingerprint density at radius 3 is 2.42 bits per heavy atom. The summed E-state index contributed by atoms with van der Waals surface area (Å²) in [5, 5.41) is 8.52. The molecular formula is C23H28BrN3O3S. The van der Waals surface area contributed by atoms with E-state index in [1.807, 2.05) is 13.8 Å². The molecule has 166 valence electrons. The van der Waals surface area contributed by atoms with Gasteiger partial charge in [0.25, 0.3) is 11.8 Å². The Labute approximate surface area is 197 Å². The Balaban J connectivity index is 2.01. The SMILES string of the molecule is CC(C)CCOc1ccc(C(=O)NC(=S)Nc2ccccc2C(=O)NC(C)C)cc1Br. The number of amides is 2. The minimum absolute atomic E-state index is 0.00276. The van der Waals surface area contributed by atoms with Crippen LogP contribution in [0.4, 0.5) is 5.69 Å². The molecule has 0 saturated heterocycles. The zero-order valence-corrected chi connectivity index (χ0v) is 20.5. The van der Waals surface area contributed by atoms with Crippen LogP contribution in [0.1, 0.15) is 54.8 Å². The molecule has 0 aliphatic carbocycles. The normalized spacial score (nSPS) is 10.7. The highest BCUT2D eigenvalue weighted by atomic mass is 79.9. The summed E-state index contributed by atoms with van der Waals surface area (Å²) in [5.74, 6) is 0.655. The third-order valence-corrected chi connectivity index (χ3v) is 5.04. The second-order valence-corrected chi connectivity index (χ2v) is 9.02. The first-order chi connectivity index (χ1) is 14.7. The van der Waals surface area contributed by atoms with E-state index < -0.39 is 0 Å². The Hall–Kier alpha value is -2.45. The lowest BCUT2D eigenvalue weighted by Crippen LogP contribution is -2.35. The van der Waals surface area contributed by atoms with Crippen molar-refractivity contribution < 1.29 is 14.3 Å². The van der Waals surface area contributed by atoms with Gasteiger partial charge in [0.15, 0.2) is 5.11 Å². The molecule has 0 unspecified atom stereocenters. The lowest BCUT2D eigenvalue weighted by Gasteiger charge is -2.15. The van der Waals surface area contributed by atoms with E-state index in [2.05, 4.69) is 45.7 Å². The maximum Gasteiger partial charge on any atom is 0.257 e. The smallest absolute Gasteiger partial charge is 0.257 e. The molecule has 0 aliphatic rings. The fourth-order valence-corrected chi connectivity index (χ4v) is 3.32. The molecule has 2 aromatic carbocycles. The fraction of sp³-hybridized carbons (Fsp3) is 0.348. The molecule has 2 rings (SSSR count). The van der Waals surface area contributed by atoms with Crippen LogP contribution in [-0.4, -0.2) is 29.6 Å². The molecular weight excluding hydrogens is 478 g/mol. The summed E-state index contributed by atoms with van der Waals surface area (Å²) in [5.41, 5.74) is 1.39. The molecule has 3 N–H and O–H groups in total. The molecule has 0 aliphatic heterocycles. The summed E-state index contributed by atoms with van der Waals surface area (Å²) in [7, 11) is 0. The number of nitrogens with one attached hydrogen (secondary N) is 3. The molecule has 8 heteroatoms. The van der Waals surface area contributed by atoms with Crippen LogP contribution in [0.3, 0.4) is 0 Å². The highest BCUT2D eigenvalue weighted by Gasteiger charge is 2.15. The predicted molar refractivity (Wildman–Crippen MR) is 132 cm³/mol. The molecule has 0 bridgehead atoms. The number of rotatable bonds is 8. The summed E-state index contributed by atoms with van der Waals surface area (Å²) >= 11 is 8.73. The lowest BCUT2D eigenvalue weighted by molar-refractivity contribution is 0.0942. The van der Waals surface area contributed by atoms with Crippen LogP contribution >= 0.6 is 28.1 Å². The van der Waals surface area contributed by atoms with Crippen LogP contribution in [0, 0.1) is 5.92 Å². The van der Waals surface area contributed by atoms with Crippen LogP contribution < -0.4 is 20.7 Å². The number of thiocarbonyl (C=S) groups is 1. The van der Waals surface area contributed by atoms with E-state index in [4.69, 9.17) is 17.0 Å². The van der Waals surface area contributed by atoms with Gasteiger partial charge in [-0.2, -0.15) is 0 Å². The van der Waals surface area contributed by atoms with E-state index in [-0.39, 0.29) is 23.0 Å². The average molecular weight is 506 g/mol. The number of hydrogen-bond acceptors (Lipinski definition) is 4. The summed E-state index contributed by atoms with van der Waals surface area (Å²) in [6.07, 6.45) is 0.950. The minimum Gasteiger partial charge on any atom is -0.492 e. The zero-order valence-electron chi connectivity index (χ0n) is 18.1. The number of hydrogen-bond donors (Lipinski definition) is 3. The molecule has 0 heterocycles. The third-order valence-electron chi connectivity index (χ3n) is 4.21. The fourth-order valence-electron chi connectivity index (χ4n) is 2.62. The van der Waals surface area contributed by atoms with Gasteiger partial charge in [0.1, 0.15) is 5.75 Å². The van der Waals surface area contributed by atoms with Gasteiger partial charge in [-0.15, -0.1) is 0 Å². The molecule has 0 saturated carbocycles. The van der Waals surface area contributed by atoms with Crippen molar-refractivity contribution in [3.8, 4) is 5.75 Å². The number of para-hydroxylation sites is 1. The van der Waals surface area contributed by atoms with Gasteiger partial charge >= 0.3 is 0 Å². The van der Waals surface area contributed by atoms with E-state index in [1.54, 1.807) is 42.5 Å². The molecule has 6 nitrogen and oxygen atoms in total. The number of ether oxygens (including phenoxy) is 1. The van der Waals surface area contributed by atoms with Crippen molar-refractivity contribution in [2.24, 2.45) is 5.92 Å². The van der Waals surface area contributed by atoms with Gasteiger partial charge in [-0.25, -0.2) is 0 Å². The summed E-state index contributed by atoms with van der Waals surface area (Å²) in [4.78, 5) is 25.0. The van der Waals surface area contributed by atoms with E-state index in [0.717, 1.165) is 6.42 Å². The van der Waals surface area contributed by atoms with Crippen LogP contribution in [0.2, 0.25) is 0 Å². The van der Waals surface area contributed by atoms with Crippen LogP contribution in [-0.2, 0) is 0 Å². The van der Waals surface area contributed by atoms with Crippen LogP contribution in [0.25, 0.3) is 0 Å². The second-order valence-electron chi connectivity index (χ2n) is 7.76. The van der Waals surface area contributed by atoms with Crippen LogP contribution in [0.15, 0.2) is 46.9 Å². The Bertz CT molecular complexity index is 947. The number of carbonyl (C=O) groups is 2. The first-order valence-electron chi connectivity index (χ1n) is 10.1. The third kappa shape index (κ3) is 7.95. The first-order valence-corrected chi connectivity index (χ1v) is 11.3. The number of halogens is 1.